The van der Waals surface area contributed by atoms with E-state index in [4.69, 9.17) is 4.52 Å². The number of likely N-dealkylation sites (tertiary alicyclic amines) is 1. The molecule has 2 heterocycles. The number of rotatable bonds is 1. The molecule has 0 radical (unpaired) electrons. The van der Waals surface area contributed by atoms with Crippen LogP contribution in [0.5, 0.6) is 0 Å². The van der Waals surface area contributed by atoms with E-state index in [2.05, 4.69) is 17.1 Å². The number of aromatic nitrogens is 1. The Balaban J connectivity index is 2.11. The van der Waals surface area contributed by atoms with Crippen molar-refractivity contribution >= 4 is 0 Å². The van der Waals surface area contributed by atoms with Crippen molar-refractivity contribution in [3.8, 4) is 0 Å². The molecule has 1 fully saturated rings. The van der Waals surface area contributed by atoms with Crippen LogP contribution >= 0.6 is 0 Å². The van der Waals surface area contributed by atoms with Gasteiger partial charge < -0.3 is 9.42 Å². The highest BCUT2D eigenvalue weighted by molar-refractivity contribution is 5.10. The highest BCUT2D eigenvalue weighted by atomic mass is 16.5. The molecule has 1 aromatic rings. The van der Waals surface area contributed by atoms with Gasteiger partial charge in [-0.2, -0.15) is 0 Å². The predicted molar refractivity (Wildman–Crippen MR) is 46.1 cm³/mol. The van der Waals surface area contributed by atoms with Crippen molar-refractivity contribution in [1.82, 2.24) is 10.1 Å². The molecule has 66 valence electrons. The summed E-state index contributed by atoms with van der Waals surface area (Å²) < 4.78 is 5.22. The van der Waals surface area contributed by atoms with Crippen molar-refractivity contribution in [3.63, 3.8) is 0 Å². The Kier molecular flexibility index (Phi) is 1.89. The zero-order chi connectivity index (χ0) is 8.55. The molecule has 0 bridgehead atoms. The van der Waals surface area contributed by atoms with Gasteiger partial charge in [-0.3, -0.25) is 0 Å². The number of hydrogen-bond donors (Lipinski definition) is 0. The van der Waals surface area contributed by atoms with Crippen LogP contribution in [0.25, 0.3) is 0 Å². The van der Waals surface area contributed by atoms with Gasteiger partial charge in [0.05, 0.1) is 5.69 Å². The van der Waals surface area contributed by atoms with E-state index in [1.807, 2.05) is 13.0 Å². The molecule has 1 atom stereocenters. The van der Waals surface area contributed by atoms with Crippen LogP contribution in [0, 0.1) is 6.92 Å². The van der Waals surface area contributed by atoms with Crippen LogP contribution in [0.3, 0.4) is 0 Å². The van der Waals surface area contributed by atoms with Gasteiger partial charge in [0.1, 0.15) is 5.76 Å². The molecule has 1 aromatic heterocycles. The summed E-state index contributed by atoms with van der Waals surface area (Å²) in [5.74, 6) is 1.62. The molecular weight excluding hydrogens is 152 g/mol. The van der Waals surface area contributed by atoms with E-state index >= 15 is 0 Å². The molecule has 2 rings (SSSR count). The molecular formula is C9H14N2O. The number of aryl methyl sites for hydroxylation is 1. The van der Waals surface area contributed by atoms with E-state index in [1.54, 1.807) is 0 Å². The highest BCUT2D eigenvalue weighted by Crippen LogP contribution is 2.26. The number of likely N-dealkylation sites (N-methyl/N-ethyl adjacent to an activating group) is 1. The molecule has 1 aliphatic rings. The summed E-state index contributed by atoms with van der Waals surface area (Å²) in [5.41, 5.74) is 0.986. The summed E-state index contributed by atoms with van der Waals surface area (Å²) in [4.78, 5) is 2.32. The number of hydrogen-bond acceptors (Lipinski definition) is 3. The van der Waals surface area contributed by atoms with Crippen LogP contribution in [0.2, 0.25) is 0 Å². The number of nitrogens with zero attached hydrogens (tertiary/aromatic N) is 2. The first-order valence-electron chi connectivity index (χ1n) is 4.37. The third-order valence-electron chi connectivity index (χ3n) is 2.44. The maximum Gasteiger partial charge on any atom is 0.141 e. The molecule has 0 unspecified atom stereocenters. The van der Waals surface area contributed by atoms with E-state index in [-0.39, 0.29) is 0 Å². The summed E-state index contributed by atoms with van der Waals surface area (Å²) in [6.07, 6.45) is 1.20. The Morgan fingerprint density at radius 2 is 2.50 bits per heavy atom. The van der Waals surface area contributed by atoms with Gasteiger partial charge in [0, 0.05) is 18.5 Å². The Morgan fingerprint density at radius 1 is 1.67 bits per heavy atom. The van der Waals surface area contributed by atoms with Gasteiger partial charge in [0.15, 0.2) is 0 Å². The van der Waals surface area contributed by atoms with Crippen molar-refractivity contribution in [1.29, 1.82) is 0 Å². The molecule has 0 amide bonds. The van der Waals surface area contributed by atoms with Gasteiger partial charge in [-0.1, -0.05) is 5.16 Å². The van der Waals surface area contributed by atoms with E-state index in [0.29, 0.717) is 5.92 Å². The highest BCUT2D eigenvalue weighted by Gasteiger charge is 2.24. The average molecular weight is 166 g/mol. The van der Waals surface area contributed by atoms with Gasteiger partial charge in [0.2, 0.25) is 0 Å². The monoisotopic (exact) mass is 166 g/mol. The van der Waals surface area contributed by atoms with E-state index in [1.165, 1.54) is 13.0 Å². The van der Waals surface area contributed by atoms with Crippen molar-refractivity contribution in [3.05, 3.63) is 17.5 Å². The molecule has 1 saturated heterocycles. The van der Waals surface area contributed by atoms with Crippen LogP contribution in [-0.4, -0.2) is 30.2 Å². The molecule has 0 N–H and O–H groups in total. The summed E-state index contributed by atoms with van der Waals surface area (Å²) in [6, 6.07) is 2.05. The van der Waals surface area contributed by atoms with E-state index in [0.717, 1.165) is 18.0 Å². The predicted octanol–water partition coefficient (Wildman–Crippen LogP) is 1.40. The van der Waals surface area contributed by atoms with Gasteiger partial charge in [-0.05, 0) is 26.9 Å². The first-order chi connectivity index (χ1) is 5.75. The molecule has 1 aliphatic heterocycles. The third kappa shape index (κ3) is 1.37. The molecule has 3 heteroatoms. The van der Waals surface area contributed by atoms with Crippen LogP contribution in [0.1, 0.15) is 23.8 Å². The molecule has 0 saturated carbocycles. The summed E-state index contributed by atoms with van der Waals surface area (Å²) in [5, 5.41) is 3.89. The van der Waals surface area contributed by atoms with Crippen molar-refractivity contribution in [2.24, 2.45) is 0 Å². The van der Waals surface area contributed by atoms with Crippen LogP contribution < -0.4 is 0 Å². The average Bonchev–Trinajstić information content (AvgIpc) is 2.58. The van der Waals surface area contributed by atoms with Gasteiger partial charge in [-0.15, -0.1) is 0 Å². The van der Waals surface area contributed by atoms with Crippen molar-refractivity contribution in [2.75, 3.05) is 20.1 Å². The maximum atomic E-state index is 5.22. The summed E-state index contributed by atoms with van der Waals surface area (Å²) >= 11 is 0. The standard InChI is InChI=1S/C9H14N2O/c1-7-5-9(12-10-7)8-3-4-11(2)6-8/h5,8H,3-4,6H2,1-2H3/t8-/m1/s1. The first kappa shape index (κ1) is 7.80. The fraction of sp³-hybridized carbons (Fsp3) is 0.667. The minimum absolute atomic E-state index is 0.566. The molecule has 12 heavy (non-hydrogen) atoms. The Bertz CT molecular complexity index is 269. The third-order valence-corrected chi connectivity index (χ3v) is 2.44. The van der Waals surface area contributed by atoms with Gasteiger partial charge in [0.25, 0.3) is 0 Å². The lowest BCUT2D eigenvalue weighted by atomic mass is 10.1. The first-order valence-corrected chi connectivity index (χ1v) is 4.37. The Hall–Kier alpha value is -0.830. The smallest absolute Gasteiger partial charge is 0.141 e. The molecule has 0 aromatic carbocycles. The largest absolute Gasteiger partial charge is 0.361 e. The van der Waals surface area contributed by atoms with Crippen molar-refractivity contribution in [2.45, 2.75) is 19.3 Å². The minimum Gasteiger partial charge on any atom is -0.361 e. The normalized spacial score (nSPS) is 25.0. The summed E-state index contributed by atoms with van der Waals surface area (Å²) in [6.45, 7) is 4.24. The lowest BCUT2D eigenvalue weighted by Crippen LogP contribution is -2.13. The Morgan fingerprint density at radius 3 is 3.00 bits per heavy atom. The topological polar surface area (TPSA) is 29.3 Å². The fourth-order valence-electron chi connectivity index (χ4n) is 1.74. The van der Waals surface area contributed by atoms with E-state index in [9.17, 15) is 0 Å². The minimum atomic E-state index is 0.566. The zero-order valence-electron chi connectivity index (χ0n) is 7.58. The van der Waals surface area contributed by atoms with Crippen LogP contribution in [0.4, 0.5) is 0 Å². The van der Waals surface area contributed by atoms with Gasteiger partial charge >= 0.3 is 0 Å². The lowest BCUT2D eigenvalue weighted by Gasteiger charge is -2.05. The quantitative estimate of drug-likeness (QED) is 0.631. The van der Waals surface area contributed by atoms with Crippen LogP contribution in [0.15, 0.2) is 10.6 Å². The Labute approximate surface area is 72.3 Å². The second-order valence-electron chi connectivity index (χ2n) is 3.62. The van der Waals surface area contributed by atoms with Crippen molar-refractivity contribution < 1.29 is 4.52 Å². The van der Waals surface area contributed by atoms with E-state index < -0.39 is 0 Å². The maximum absolute atomic E-state index is 5.22. The van der Waals surface area contributed by atoms with Gasteiger partial charge in [-0.25, -0.2) is 0 Å². The zero-order valence-corrected chi connectivity index (χ0v) is 7.58. The summed E-state index contributed by atoms with van der Waals surface area (Å²) in [7, 11) is 2.14. The molecule has 3 nitrogen and oxygen atoms in total. The second kappa shape index (κ2) is 2.90. The van der Waals surface area contributed by atoms with Crippen LogP contribution in [-0.2, 0) is 0 Å². The lowest BCUT2D eigenvalue weighted by molar-refractivity contribution is 0.348. The second-order valence-corrected chi connectivity index (χ2v) is 3.62. The fourth-order valence-corrected chi connectivity index (χ4v) is 1.74. The molecule has 0 spiro atoms. The molecule has 0 aliphatic carbocycles. The SMILES string of the molecule is Cc1cc([C@@H]2CCN(C)C2)on1.